The summed E-state index contributed by atoms with van der Waals surface area (Å²) < 4.78 is 30.8. The van der Waals surface area contributed by atoms with Gasteiger partial charge in [-0.25, -0.2) is 4.57 Å². The van der Waals surface area contributed by atoms with Crippen LogP contribution in [-0.4, -0.2) is 74.3 Å². The molecule has 0 spiro atoms. The van der Waals surface area contributed by atoms with Crippen LogP contribution in [0.5, 0.6) is 0 Å². The number of hydrogen-bond acceptors (Lipinski definition) is 6. The monoisotopic (exact) mass is 1140 g/mol. The van der Waals surface area contributed by atoms with E-state index in [0.29, 0.717) is 23.9 Å². The molecule has 0 heterocycles. The molecule has 0 aromatic heterocycles. The molecule has 0 fully saturated rings. The van der Waals surface area contributed by atoms with Gasteiger partial charge in [0.15, 0.2) is 0 Å². The third-order valence-electron chi connectivity index (χ3n) is 15.9. The number of phosphoric acid groups is 1. The van der Waals surface area contributed by atoms with Crippen molar-refractivity contribution in [2.75, 3.05) is 40.9 Å². The highest BCUT2D eigenvalue weighted by Crippen LogP contribution is 2.43. The summed E-state index contributed by atoms with van der Waals surface area (Å²) in [5.41, 5.74) is 0. The van der Waals surface area contributed by atoms with Crippen molar-refractivity contribution in [3.8, 4) is 0 Å². The van der Waals surface area contributed by atoms with Gasteiger partial charge in [0.1, 0.15) is 19.3 Å². The first-order chi connectivity index (χ1) is 38.4. The molecule has 2 N–H and O–H groups in total. The fourth-order valence-corrected chi connectivity index (χ4v) is 11.3. The number of esters is 1. The Morgan fingerprint density at radius 3 is 1.08 bits per heavy atom. The van der Waals surface area contributed by atoms with Crippen LogP contribution in [-0.2, 0) is 27.9 Å². The van der Waals surface area contributed by atoms with Gasteiger partial charge in [-0.05, 0) is 57.4 Å². The maximum Gasteiger partial charge on any atom is 0.472 e. The number of carbonyl (C=O) groups excluding carboxylic acids is 2. The third kappa shape index (κ3) is 60.9. The second-order valence-corrected chi connectivity index (χ2v) is 26.5. The average molecular weight is 1140 g/mol. The summed E-state index contributed by atoms with van der Waals surface area (Å²) in [5, 5.41) is 3.08. The molecule has 3 atom stereocenters. The number of hydrogen-bond donors (Lipinski definition) is 2. The first-order valence-corrected chi connectivity index (χ1v) is 36.2. The van der Waals surface area contributed by atoms with Crippen molar-refractivity contribution in [3.63, 3.8) is 0 Å². The molecule has 1 amide bonds. The van der Waals surface area contributed by atoms with Gasteiger partial charge in [0.25, 0.3) is 0 Å². The lowest BCUT2D eigenvalue weighted by molar-refractivity contribution is -0.870. The summed E-state index contributed by atoms with van der Waals surface area (Å²) in [6.07, 6.45) is 71.8. The van der Waals surface area contributed by atoms with Crippen LogP contribution in [0.4, 0.5) is 0 Å². The zero-order valence-corrected chi connectivity index (χ0v) is 54.5. The summed E-state index contributed by atoms with van der Waals surface area (Å²) in [7, 11) is 1.52. The Morgan fingerprint density at radius 1 is 0.430 bits per heavy atom. The highest BCUT2D eigenvalue weighted by molar-refractivity contribution is 7.47. The molecule has 0 saturated carbocycles. The van der Waals surface area contributed by atoms with E-state index >= 15 is 0 Å². The molecule has 9 nitrogen and oxygen atoms in total. The Bertz CT molecular complexity index is 1400. The predicted molar refractivity (Wildman–Crippen MR) is 342 cm³/mol. The second kappa shape index (κ2) is 59.6. The molecular weight excluding hydrogens is 1000 g/mol. The maximum atomic E-state index is 13.6. The number of quaternary nitrogens is 1. The van der Waals surface area contributed by atoms with E-state index in [4.69, 9.17) is 13.8 Å². The molecule has 0 bridgehead atoms. The number of allylic oxidation sites excluding steroid dienone is 3. The number of amides is 1. The Balaban J connectivity index is 5.13. The molecule has 0 saturated heterocycles. The summed E-state index contributed by atoms with van der Waals surface area (Å²) in [5.74, 6) is -0.485. The van der Waals surface area contributed by atoms with E-state index in [0.717, 1.165) is 57.8 Å². The number of rotatable bonds is 64. The van der Waals surface area contributed by atoms with E-state index in [2.05, 4.69) is 44.3 Å². The molecule has 10 heteroatoms. The van der Waals surface area contributed by atoms with Crippen LogP contribution in [0.2, 0.25) is 0 Å². The quantitative estimate of drug-likeness (QED) is 0.0205. The topological polar surface area (TPSA) is 111 Å². The van der Waals surface area contributed by atoms with Crippen molar-refractivity contribution in [3.05, 3.63) is 24.3 Å². The first kappa shape index (κ1) is 77.5. The van der Waals surface area contributed by atoms with Crippen molar-refractivity contribution in [2.24, 2.45) is 0 Å². The minimum absolute atomic E-state index is 0.0440. The molecule has 0 aliphatic rings. The minimum Gasteiger partial charge on any atom is -0.456 e. The van der Waals surface area contributed by atoms with Gasteiger partial charge in [-0.2, -0.15) is 0 Å². The standard InChI is InChI=1S/C69H135N2O7P/c1-7-10-13-16-19-22-25-28-30-32-34-35-37-38-40-43-46-49-52-55-58-61-68(72)70-66(65-77-79(74,75)76-64-63-71(4,5)6)67(60-57-54-51-48-45-42-27-24-21-18-15-12-9-3)78-69(73)62-59-56-53-50-47-44-41-39-36-33-31-29-26-23-20-17-14-11-8-2/h29,31,57,60,66-67H,7-28,30,32-56,58-59,61-65H2,1-6H3,(H-,70,72,74,75)/p+1/b31-29+,60-57+. The van der Waals surface area contributed by atoms with Crippen molar-refractivity contribution in [2.45, 2.75) is 367 Å². The van der Waals surface area contributed by atoms with Crippen molar-refractivity contribution in [1.29, 1.82) is 0 Å². The van der Waals surface area contributed by atoms with Gasteiger partial charge in [0.2, 0.25) is 5.91 Å². The Morgan fingerprint density at radius 2 is 0.734 bits per heavy atom. The maximum absolute atomic E-state index is 13.6. The highest BCUT2D eigenvalue weighted by atomic mass is 31.2. The number of carbonyl (C=O) groups is 2. The summed E-state index contributed by atoms with van der Waals surface area (Å²) >= 11 is 0. The molecule has 0 radical (unpaired) electrons. The second-order valence-electron chi connectivity index (χ2n) is 25.1. The number of unbranched alkanes of at least 4 members (excludes halogenated alkanes) is 46. The molecule has 0 aromatic carbocycles. The van der Waals surface area contributed by atoms with E-state index < -0.39 is 20.0 Å². The van der Waals surface area contributed by atoms with Crippen molar-refractivity contribution < 1.29 is 37.3 Å². The van der Waals surface area contributed by atoms with Gasteiger partial charge in [-0.3, -0.25) is 18.6 Å². The molecular formula is C69H136N2O7P+. The van der Waals surface area contributed by atoms with E-state index in [1.807, 2.05) is 27.2 Å². The molecule has 79 heavy (non-hydrogen) atoms. The van der Waals surface area contributed by atoms with Crippen molar-refractivity contribution in [1.82, 2.24) is 5.32 Å². The lowest BCUT2D eigenvalue weighted by Crippen LogP contribution is -2.47. The van der Waals surface area contributed by atoms with Crippen molar-refractivity contribution >= 4 is 19.7 Å². The zero-order chi connectivity index (χ0) is 57.9. The predicted octanol–water partition coefficient (Wildman–Crippen LogP) is 21.7. The molecule has 0 aliphatic heterocycles. The molecule has 0 aliphatic carbocycles. The SMILES string of the molecule is CCCCCCCC/C=C/CCCCCCCCCCCC(=O)OC(/C=C/CCCCCCCCCCCCC)C(COP(=O)(O)OCC[N+](C)(C)C)NC(=O)CCCCCCCCCCCCCCCCCCCCCCC. The minimum atomic E-state index is -4.45. The molecule has 3 unspecified atom stereocenters. The van der Waals surface area contributed by atoms with Gasteiger partial charge >= 0.3 is 13.8 Å². The summed E-state index contributed by atoms with van der Waals surface area (Å²) in [4.78, 5) is 37.9. The number of nitrogens with one attached hydrogen (secondary N) is 1. The van der Waals surface area contributed by atoms with E-state index in [1.54, 1.807) is 0 Å². The fourth-order valence-electron chi connectivity index (χ4n) is 10.5. The molecule has 468 valence electrons. The Hall–Kier alpha value is -1.51. The first-order valence-electron chi connectivity index (χ1n) is 34.7. The van der Waals surface area contributed by atoms with E-state index in [9.17, 15) is 19.0 Å². The summed E-state index contributed by atoms with van der Waals surface area (Å²) in [6, 6.07) is -0.844. The van der Waals surface area contributed by atoms with Crippen LogP contribution in [0, 0.1) is 0 Å². The average Bonchev–Trinajstić information content (AvgIpc) is 3.41. The molecule has 0 aromatic rings. The lowest BCUT2D eigenvalue weighted by atomic mass is 10.0. The lowest BCUT2D eigenvalue weighted by Gasteiger charge is -2.27. The van der Waals surface area contributed by atoms with E-state index in [-0.39, 0.29) is 25.1 Å². The van der Waals surface area contributed by atoms with Gasteiger partial charge in [-0.15, -0.1) is 0 Å². The van der Waals surface area contributed by atoms with Gasteiger partial charge in [0, 0.05) is 12.8 Å². The highest BCUT2D eigenvalue weighted by Gasteiger charge is 2.30. The fraction of sp³-hybridized carbons (Fsp3) is 0.913. The molecule has 0 rings (SSSR count). The van der Waals surface area contributed by atoms with Crippen LogP contribution < -0.4 is 5.32 Å². The Kier molecular flexibility index (Phi) is 58.5. The van der Waals surface area contributed by atoms with Crippen LogP contribution in [0.15, 0.2) is 24.3 Å². The zero-order valence-electron chi connectivity index (χ0n) is 53.6. The normalized spacial score (nSPS) is 13.7. The van der Waals surface area contributed by atoms with Crippen LogP contribution >= 0.6 is 7.82 Å². The van der Waals surface area contributed by atoms with Gasteiger partial charge in [0.05, 0.1) is 33.8 Å². The van der Waals surface area contributed by atoms with Crippen LogP contribution in [0.1, 0.15) is 355 Å². The third-order valence-corrected chi connectivity index (χ3v) is 16.9. The number of likely N-dealkylation sites (N-methyl/N-ethyl adjacent to an activating group) is 1. The number of nitrogens with zero attached hydrogens (tertiary/aromatic N) is 1. The largest absolute Gasteiger partial charge is 0.472 e. The number of ether oxygens (including phenoxy) is 1. The summed E-state index contributed by atoms with van der Waals surface area (Å²) in [6.45, 7) is 7.07. The Labute approximate surface area is 492 Å². The van der Waals surface area contributed by atoms with E-state index in [1.165, 1.54) is 263 Å². The number of phosphoric ester groups is 1. The smallest absolute Gasteiger partial charge is 0.456 e. The van der Waals surface area contributed by atoms with Gasteiger partial charge < -0.3 is 19.4 Å². The van der Waals surface area contributed by atoms with Crippen LogP contribution in [0.25, 0.3) is 0 Å². The van der Waals surface area contributed by atoms with Crippen LogP contribution in [0.3, 0.4) is 0 Å². The van der Waals surface area contributed by atoms with Gasteiger partial charge in [-0.1, -0.05) is 309 Å².